The molecule has 0 fully saturated rings. The lowest BCUT2D eigenvalue weighted by atomic mass is 9.95. The molecule has 0 unspecified atom stereocenters. The largest absolute Gasteiger partial charge is 0.462 e. The summed E-state index contributed by atoms with van der Waals surface area (Å²) < 4.78 is 7.16. The molecule has 0 saturated carbocycles. The van der Waals surface area contributed by atoms with Crippen LogP contribution in [0, 0.1) is 6.92 Å². The average Bonchev–Trinajstić information content (AvgIpc) is 3.19. The Balaban J connectivity index is 1.91. The van der Waals surface area contributed by atoms with E-state index in [9.17, 15) is 9.59 Å². The van der Waals surface area contributed by atoms with Gasteiger partial charge in [0.15, 0.2) is 0 Å². The van der Waals surface area contributed by atoms with Gasteiger partial charge in [-0.15, -0.1) is 11.3 Å². The molecule has 0 aliphatic heterocycles. The zero-order valence-electron chi connectivity index (χ0n) is 15.6. The Labute approximate surface area is 157 Å². The summed E-state index contributed by atoms with van der Waals surface area (Å²) in [6, 6.07) is 0. The van der Waals surface area contributed by atoms with Crippen molar-refractivity contribution in [3.8, 4) is 0 Å². The number of thiophene rings is 1. The van der Waals surface area contributed by atoms with Gasteiger partial charge in [0.25, 0.3) is 5.91 Å². The van der Waals surface area contributed by atoms with E-state index in [-0.39, 0.29) is 11.9 Å². The van der Waals surface area contributed by atoms with Gasteiger partial charge < -0.3 is 10.1 Å². The van der Waals surface area contributed by atoms with Crippen molar-refractivity contribution in [1.29, 1.82) is 0 Å². The van der Waals surface area contributed by atoms with E-state index >= 15 is 0 Å². The molecule has 1 aliphatic rings. The summed E-state index contributed by atoms with van der Waals surface area (Å²) in [5, 5.41) is 7.78. The van der Waals surface area contributed by atoms with Crippen molar-refractivity contribution < 1.29 is 14.3 Å². The van der Waals surface area contributed by atoms with Gasteiger partial charge in [0, 0.05) is 17.1 Å². The highest BCUT2D eigenvalue weighted by Crippen LogP contribution is 2.38. The molecule has 7 heteroatoms. The topological polar surface area (TPSA) is 73.2 Å². The van der Waals surface area contributed by atoms with Crippen LogP contribution in [0.3, 0.4) is 0 Å². The highest BCUT2D eigenvalue weighted by atomic mass is 32.1. The van der Waals surface area contributed by atoms with Crippen LogP contribution in [0.4, 0.5) is 5.00 Å². The highest BCUT2D eigenvalue weighted by Gasteiger charge is 2.28. The predicted octanol–water partition coefficient (Wildman–Crippen LogP) is 3.97. The van der Waals surface area contributed by atoms with Gasteiger partial charge in [0.05, 0.1) is 23.9 Å². The number of carbonyl (C=O) groups excluding carboxylic acids is 2. The number of rotatable bonds is 6. The minimum absolute atomic E-state index is 0.231. The Kier molecular flexibility index (Phi) is 5.76. The third kappa shape index (κ3) is 3.53. The number of esters is 1. The van der Waals surface area contributed by atoms with Crippen molar-refractivity contribution in [2.45, 2.75) is 59.4 Å². The maximum atomic E-state index is 12.8. The molecular weight excluding hydrogens is 350 g/mol. The van der Waals surface area contributed by atoms with Crippen LogP contribution in [-0.2, 0) is 24.1 Å². The number of ether oxygens (including phenoxy) is 1. The summed E-state index contributed by atoms with van der Waals surface area (Å²) in [5.74, 6) is -0.562. The Morgan fingerprint density at radius 1 is 1.31 bits per heavy atom. The van der Waals surface area contributed by atoms with Gasteiger partial charge in [-0.05, 0) is 51.5 Å². The molecule has 2 aromatic rings. The predicted molar refractivity (Wildman–Crippen MR) is 102 cm³/mol. The molecule has 0 aromatic carbocycles. The van der Waals surface area contributed by atoms with Gasteiger partial charge in [-0.2, -0.15) is 5.10 Å². The first kappa shape index (κ1) is 18.6. The van der Waals surface area contributed by atoms with E-state index in [2.05, 4.69) is 10.4 Å². The highest BCUT2D eigenvalue weighted by molar-refractivity contribution is 7.17. The maximum Gasteiger partial charge on any atom is 0.341 e. The quantitative estimate of drug-likeness (QED) is 0.775. The third-order valence-corrected chi connectivity index (χ3v) is 5.89. The SMILES string of the molecule is CCCOC(=O)c1c(NC(=O)c2cnn(CC)c2C)sc2c1CCCC2. The summed E-state index contributed by atoms with van der Waals surface area (Å²) in [4.78, 5) is 26.6. The lowest BCUT2D eigenvalue weighted by Crippen LogP contribution is -2.16. The van der Waals surface area contributed by atoms with E-state index in [1.807, 2.05) is 20.8 Å². The second kappa shape index (κ2) is 8.03. The standard InChI is InChI=1S/C19H25N3O3S/c1-4-10-25-19(24)16-13-8-6-7-9-15(13)26-18(16)21-17(23)14-11-20-22(5-2)12(14)3/h11H,4-10H2,1-3H3,(H,21,23). The van der Waals surface area contributed by atoms with Crippen LogP contribution < -0.4 is 5.32 Å². The van der Waals surface area contributed by atoms with Crippen molar-refractivity contribution in [2.75, 3.05) is 11.9 Å². The molecule has 1 amide bonds. The average molecular weight is 375 g/mol. The fraction of sp³-hybridized carbons (Fsp3) is 0.526. The third-order valence-electron chi connectivity index (χ3n) is 4.69. The van der Waals surface area contributed by atoms with Crippen LogP contribution in [0.2, 0.25) is 0 Å². The molecule has 0 bridgehead atoms. The van der Waals surface area contributed by atoms with Crippen LogP contribution in [0.5, 0.6) is 0 Å². The first-order chi connectivity index (χ1) is 12.6. The monoisotopic (exact) mass is 375 g/mol. The van der Waals surface area contributed by atoms with E-state index in [1.165, 1.54) is 16.2 Å². The number of amides is 1. The Morgan fingerprint density at radius 3 is 2.77 bits per heavy atom. The number of hydrogen-bond donors (Lipinski definition) is 1. The lowest BCUT2D eigenvalue weighted by molar-refractivity contribution is 0.0505. The fourth-order valence-electron chi connectivity index (χ4n) is 3.30. The molecule has 1 N–H and O–H groups in total. The van der Waals surface area contributed by atoms with Crippen LogP contribution >= 0.6 is 11.3 Å². The van der Waals surface area contributed by atoms with Crippen LogP contribution in [0.25, 0.3) is 0 Å². The minimum Gasteiger partial charge on any atom is -0.462 e. The molecule has 2 heterocycles. The molecule has 0 saturated heterocycles. The summed E-state index contributed by atoms with van der Waals surface area (Å²) in [7, 11) is 0. The van der Waals surface area contributed by atoms with Crippen molar-refractivity contribution >= 4 is 28.2 Å². The fourth-order valence-corrected chi connectivity index (χ4v) is 4.57. The van der Waals surface area contributed by atoms with Gasteiger partial charge in [0.2, 0.25) is 0 Å². The second-order valence-corrected chi connectivity index (χ2v) is 7.57. The van der Waals surface area contributed by atoms with E-state index in [0.717, 1.165) is 43.4 Å². The van der Waals surface area contributed by atoms with Crippen LogP contribution in [-0.4, -0.2) is 28.3 Å². The maximum absolute atomic E-state index is 12.8. The first-order valence-corrected chi connectivity index (χ1v) is 10.0. The van der Waals surface area contributed by atoms with E-state index in [0.29, 0.717) is 29.3 Å². The van der Waals surface area contributed by atoms with Crippen molar-refractivity contribution in [2.24, 2.45) is 0 Å². The molecule has 2 aromatic heterocycles. The van der Waals surface area contributed by atoms with E-state index < -0.39 is 0 Å². The number of aryl methyl sites for hydroxylation is 2. The zero-order chi connectivity index (χ0) is 18.7. The molecular formula is C19H25N3O3S. The molecule has 1 aliphatic carbocycles. The Bertz CT molecular complexity index is 822. The summed E-state index contributed by atoms with van der Waals surface area (Å²) in [6.45, 7) is 6.92. The number of anilines is 1. The number of hydrogen-bond acceptors (Lipinski definition) is 5. The molecule has 26 heavy (non-hydrogen) atoms. The number of carbonyl (C=O) groups is 2. The normalized spacial score (nSPS) is 13.3. The number of nitrogens with one attached hydrogen (secondary N) is 1. The first-order valence-electron chi connectivity index (χ1n) is 9.22. The van der Waals surface area contributed by atoms with Gasteiger partial charge in [-0.25, -0.2) is 4.79 Å². The number of aromatic nitrogens is 2. The second-order valence-electron chi connectivity index (χ2n) is 6.46. The molecule has 0 spiro atoms. The molecule has 140 valence electrons. The van der Waals surface area contributed by atoms with Crippen molar-refractivity contribution in [3.05, 3.63) is 33.5 Å². The van der Waals surface area contributed by atoms with Crippen LogP contribution in [0.1, 0.15) is 70.0 Å². The van der Waals surface area contributed by atoms with Gasteiger partial charge in [-0.1, -0.05) is 6.92 Å². The smallest absolute Gasteiger partial charge is 0.341 e. The summed E-state index contributed by atoms with van der Waals surface area (Å²) in [5.41, 5.74) is 2.96. The summed E-state index contributed by atoms with van der Waals surface area (Å²) in [6.07, 6.45) is 6.36. The van der Waals surface area contributed by atoms with Crippen LogP contribution in [0.15, 0.2) is 6.20 Å². The lowest BCUT2D eigenvalue weighted by Gasteiger charge is -2.12. The molecule has 3 rings (SSSR count). The Morgan fingerprint density at radius 2 is 2.08 bits per heavy atom. The number of fused-ring (bicyclic) bond motifs is 1. The van der Waals surface area contributed by atoms with Crippen molar-refractivity contribution in [1.82, 2.24) is 9.78 Å². The molecule has 0 atom stereocenters. The minimum atomic E-state index is -0.331. The van der Waals surface area contributed by atoms with Gasteiger partial charge in [0.1, 0.15) is 5.00 Å². The molecule has 6 nitrogen and oxygen atoms in total. The van der Waals surface area contributed by atoms with Gasteiger partial charge in [-0.3, -0.25) is 9.48 Å². The number of nitrogens with zero attached hydrogens (tertiary/aromatic N) is 2. The van der Waals surface area contributed by atoms with E-state index in [4.69, 9.17) is 4.74 Å². The van der Waals surface area contributed by atoms with Crippen molar-refractivity contribution in [3.63, 3.8) is 0 Å². The summed E-state index contributed by atoms with van der Waals surface area (Å²) >= 11 is 1.51. The zero-order valence-corrected chi connectivity index (χ0v) is 16.4. The Hall–Kier alpha value is -2.15. The van der Waals surface area contributed by atoms with E-state index in [1.54, 1.807) is 10.9 Å². The molecule has 0 radical (unpaired) electrons. The van der Waals surface area contributed by atoms with Gasteiger partial charge >= 0.3 is 5.97 Å².